The third-order valence-electron chi connectivity index (χ3n) is 4.72. The van der Waals surface area contributed by atoms with Gasteiger partial charge < -0.3 is 15.1 Å². The van der Waals surface area contributed by atoms with Crippen molar-refractivity contribution in [3.8, 4) is 0 Å². The van der Waals surface area contributed by atoms with E-state index >= 15 is 0 Å². The molecule has 156 valence electrons. The third-order valence-corrected chi connectivity index (χ3v) is 4.72. The van der Waals surface area contributed by atoms with Crippen LogP contribution in [0.1, 0.15) is 32.6 Å². The van der Waals surface area contributed by atoms with Crippen LogP contribution in [0.2, 0.25) is 0 Å². The summed E-state index contributed by atoms with van der Waals surface area (Å²) >= 11 is 0. The summed E-state index contributed by atoms with van der Waals surface area (Å²) in [5, 5.41) is 2.95. The number of hydrogen-bond donors (Lipinski definition) is 1. The monoisotopic (exact) mass is 394 g/mol. The van der Waals surface area contributed by atoms with E-state index in [1.807, 2.05) is 69.3 Å². The summed E-state index contributed by atoms with van der Waals surface area (Å²) in [7, 11) is 2.14. The number of anilines is 1. The van der Waals surface area contributed by atoms with Gasteiger partial charge >= 0.3 is 0 Å². The molecule has 0 unspecified atom stereocenters. The van der Waals surface area contributed by atoms with E-state index in [0.717, 1.165) is 37.4 Å². The van der Waals surface area contributed by atoms with E-state index in [0.29, 0.717) is 17.0 Å². The average molecular weight is 395 g/mol. The van der Waals surface area contributed by atoms with Crippen LogP contribution >= 0.6 is 0 Å². The zero-order valence-corrected chi connectivity index (χ0v) is 18.0. The van der Waals surface area contributed by atoms with Crippen LogP contribution in [0.5, 0.6) is 0 Å². The van der Waals surface area contributed by atoms with Gasteiger partial charge in [0.25, 0.3) is 5.91 Å². The third kappa shape index (κ3) is 6.03. The molecule has 1 saturated heterocycles. The maximum absolute atomic E-state index is 12.7. The Morgan fingerprint density at radius 3 is 2.45 bits per heavy atom. The lowest BCUT2D eigenvalue weighted by atomic mass is 10.0. The SMILES string of the molecule is C=C1C=CC=C(NC(=O)c2ccc(N3CCN(C)CC3)cc2)C1=N/C=C\C.CC.[HH]. The molecule has 1 aromatic carbocycles. The number of nitrogens with zero attached hydrogens (tertiary/aromatic N) is 3. The number of hydrogen-bond acceptors (Lipinski definition) is 4. The van der Waals surface area contributed by atoms with Gasteiger partial charge in [-0.15, -0.1) is 0 Å². The first-order chi connectivity index (χ1) is 14.1. The minimum Gasteiger partial charge on any atom is -0.369 e. The Kier molecular flexibility index (Phi) is 8.62. The molecule has 0 atom stereocenters. The molecule has 5 nitrogen and oxygen atoms in total. The molecule has 1 N–H and O–H groups in total. The normalized spacial score (nSPS) is 18.5. The predicted molar refractivity (Wildman–Crippen MR) is 126 cm³/mol. The van der Waals surface area contributed by atoms with Gasteiger partial charge in [0.15, 0.2) is 0 Å². The lowest BCUT2D eigenvalue weighted by Gasteiger charge is -2.34. The highest BCUT2D eigenvalue weighted by Gasteiger charge is 2.17. The summed E-state index contributed by atoms with van der Waals surface area (Å²) in [6.07, 6.45) is 9.12. The number of carbonyl (C=O) groups excluding carboxylic acids is 1. The zero-order chi connectivity index (χ0) is 21.2. The molecular weight excluding hydrogens is 360 g/mol. The molecule has 1 aliphatic heterocycles. The molecule has 1 aromatic rings. The second-order valence-corrected chi connectivity index (χ2v) is 6.72. The Balaban J connectivity index is 0.00000146. The number of carbonyl (C=O) groups is 1. The summed E-state index contributed by atoms with van der Waals surface area (Å²) in [5.74, 6) is -0.151. The topological polar surface area (TPSA) is 47.9 Å². The molecule has 0 bridgehead atoms. The van der Waals surface area contributed by atoms with Crippen molar-refractivity contribution in [1.82, 2.24) is 10.2 Å². The standard InChI is InChI=1S/C22H26N4O.C2H6.H2/c1-4-12-23-21-17(2)6-5-7-20(21)24-22(27)18-8-10-19(11-9-18)26-15-13-25(3)14-16-26;1-2;/h4-12H,2,13-16H2,1,3H3,(H,24,27);1-2H3;1H/b12-4-,23-21?;;. The smallest absolute Gasteiger partial charge is 0.255 e. The minimum absolute atomic E-state index is 0. The number of nitrogens with one attached hydrogen (secondary N) is 1. The van der Waals surface area contributed by atoms with Gasteiger partial charge in [-0.1, -0.05) is 38.7 Å². The predicted octanol–water partition coefficient (Wildman–Crippen LogP) is 4.42. The van der Waals surface area contributed by atoms with Crippen LogP contribution in [-0.4, -0.2) is 49.7 Å². The Hall–Kier alpha value is -2.92. The van der Waals surface area contributed by atoms with Crippen LogP contribution in [-0.2, 0) is 0 Å². The summed E-state index contributed by atoms with van der Waals surface area (Å²) < 4.78 is 0. The number of rotatable bonds is 4. The molecule has 29 heavy (non-hydrogen) atoms. The second kappa shape index (κ2) is 11.2. The van der Waals surface area contributed by atoms with Crippen LogP contribution in [0.4, 0.5) is 5.69 Å². The number of allylic oxidation sites excluding steroid dienone is 5. The van der Waals surface area contributed by atoms with Crippen molar-refractivity contribution in [3.63, 3.8) is 0 Å². The van der Waals surface area contributed by atoms with E-state index in [2.05, 4.69) is 33.7 Å². The maximum atomic E-state index is 12.7. The van der Waals surface area contributed by atoms with Crippen LogP contribution in [0.3, 0.4) is 0 Å². The van der Waals surface area contributed by atoms with Gasteiger partial charge in [0.2, 0.25) is 0 Å². The molecule has 1 amide bonds. The highest BCUT2D eigenvalue weighted by Crippen LogP contribution is 2.18. The minimum atomic E-state index is -0.151. The first-order valence-corrected chi connectivity index (χ1v) is 10.2. The van der Waals surface area contributed by atoms with E-state index in [9.17, 15) is 4.79 Å². The molecule has 0 spiro atoms. The molecular formula is C24H34N4O. The van der Waals surface area contributed by atoms with Crippen molar-refractivity contribution in [2.75, 3.05) is 38.1 Å². The fraction of sp³-hybridized carbons (Fsp3) is 0.333. The second-order valence-electron chi connectivity index (χ2n) is 6.72. The highest BCUT2D eigenvalue weighted by molar-refractivity contribution is 6.17. The molecule has 5 heteroatoms. The zero-order valence-electron chi connectivity index (χ0n) is 18.0. The number of aliphatic imine (C=N–C) groups is 1. The Morgan fingerprint density at radius 2 is 1.83 bits per heavy atom. The van der Waals surface area contributed by atoms with Gasteiger partial charge in [0.05, 0.1) is 11.4 Å². The molecule has 0 radical (unpaired) electrons. The van der Waals surface area contributed by atoms with Crippen LogP contribution < -0.4 is 10.2 Å². The van der Waals surface area contributed by atoms with E-state index < -0.39 is 0 Å². The van der Waals surface area contributed by atoms with Crippen molar-refractivity contribution in [3.05, 3.63) is 78.2 Å². The molecule has 1 heterocycles. The Morgan fingerprint density at radius 1 is 1.17 bits per heavy atom. The van der Waals surface area contributed by atoms with Crippen molar-refractivity contribution >= 4 is 17.3 Å². The number of benzene rings is 1. The van der Waals surface area contributed by atoms with Gasteiger partial charge in [-0.05, 0) is 49.9 Å². The molecule has 1 fully saturated rings. The van der Waals surface area contributed by atoms with Gasteiger partial charge in [0, 0.05) is 45.1 Å². The molecule has 0 aromatic heterocycles. The van der Waals surface area contributed by atoms with Crippen molar-refractivity contribution in [2.45, 2.75) is 20.8 Å². The fourth-order valence-corrected chi connectivity index (χ4v) is 3.08. The lowest BCUT2D eigenvalue weighted by molar-refractivity contribution is 0.0968. The van der Waals surface area contributed by atoms with Gasteiger partial charge in [0.1, 0.15) is 0 Å². The van der Waals surface area contributed by atoms with Gasteiger partial charge in [-0.2, -0.15) is 0 Å². The van der Waals surface area contributed by atoms with E-state index in [-0.39, 0.29) is 7.33 Å². The van der Waals surface area contributed by atoms with Crippen LogP contribution in [0, 0.1) is 0 Å². The molecule has 2 aliphatic rings. The fourth-order valence-electron chi connectivity index (χ4n) is 3.08. The number of piperazine rings is 1. The lowest BCUT2D eigenvalue weighted by Crippen LogP contribution is -2.44. The number of amides is 1. The number of likely N-dealkylation sites (N-methyl/N-ethyl adjacent to an activating group) is 1. The summed E-state index contributed by atoms with van der Waals surface area (Å²) in [5.41, 5.74) is 3.89. The summed E-state index contributed by atoms with van der Waals surface area (Å²) in [4.78, 5) is 21.7. The average Bonchev–Trinajstić information content (AvgIpc) is 2.75. The Labute approximate surface area is 176 Å². The van der Waals surface area contributed by atoms with Crippen LogP contribution in [0.15, 0.2) is 77.6 Å². The molecule has 0 saturated carbocycles. The van der Waals surface area contributed by atoms with Gasteiger partial charge in [-0.3, -0.25) is 9.79 Å². The Bertz CT molecular complexity index is 829. The van der Waals surface area contributed by atoms with Gasteiger partial charge in [-0.25, -0.2) is 0 Å². The maximum Gasteiger partial charge on any atom is 0.255 e. The van der Waals surface area contributed by atoms with Crippen molar-refractivity contribution < 1.29 is 6.22 Å². The first kappa shape index (κ1) is 22.4. The largest absolute Gasteiger partial charge is 0.369 e. The van der Waals surface area contributed by atoms with Crippen molar-refractivity contribution in [1.29, 1.82) is 0 Å². The van der Waals surface area contributed by atoms with E-state index in [1.54, 1.807) is 6.20 Å². The summed E-state index contributed by atoms with van der Waals surface area (Å²) in [6.45, 7) is 14.0. The molecule has 1 aliphatic carbocycles. The summed E-state index contributed by atoms with van der Waals surface area (Å²) in [6, 6.07) is 7.78. The van der Waals surface area contributed by atoms with E-state index in [1.165, 1.54) is 0 Å². The van der Waals surface area contributed by atoms with E-state index in [4.69, 9.17) is 0 Å². The van der Waals surface area contributed by atoms with Crippen molar-refractivity contribution in [2.24, 2.45) is 4.99 Å². The molecule has 3 rings (SSSR count). The highest BCUT2D eigenvalue weighted by atomic mass is 16.1. The quantitative estimate of drug-likeness (QED) is 0.822. The first-order valence-electron chi connectivity index (χ1n) is 10.2. The van der Waals surface area contributed by atoms with Crippen LogP contribution in [0.25, 0.3) is 0 Å².